The van der Waals surface area contributed by atoms with Gasteiger partial charge in [0.25, 0.3) is 0 Å². The molecular formula is C17H15FO. The van der Waals surface area contributed by atoms with Crippen molar-refractivity contribution in [2.24, 2.45) is 5.92 Å². The summed E-state index contributed by atoms with van der Waals surface area (Å²) >= 11 is 0. The Hall–Kier alpha value is -1.96. The largest absolute Gasteiger partial charge is 0.294 e. The van der Waals surface area contributed by atoms with Gasteiger partial charge in [0.05, 0.1) is 0 Å². The Morgan fingerprint density at radius 1 is 1.05 bits per heavy atom. The lowest BCUT2D eigenvalue weighted by Crippen LogP contribution is -2.15. The molecule has 2 heteroatoms. The first kappa shape index (κ1) is 12.1. The van der Waals surface area contributed by atoms with Crippen LogP contribution in [0.4, 0.5) is 4.39 Å². The fourth-order valence-corrected chi connectivity index (χ4v) is 2.91. The van der Waals surface area contributed by atoms with E-state index in [2.05, 4.69) is 6.92 Å². The van der Waals surface area contributed by atoms with E-state index in [1.54, 1.807) is 12.1 Å². The molecule has 0 aromatic heterocycles. The minimum Gasteiger partial charge on any atom is -0.294 e. The van der Waals surface area contributed by atoms with Crippen LogP contribution in [-0.4, -0.2) is 5.78 Å². The lowest BCUT2D eigenvalue weighted by atomic mass is 9.88. The van der Waals surface area contributed by atoms with Crippen LogP contribution >= 0.6 is 0 Å². The van der Waals surface area contributed by atoms with E-state index in [9.17, 15) is 9.18 Å². The Kier molecular flexibility index (Phi) is 2.94. The quantitative estimate of drug-likeness (QED) is 0.792. The van der Waals surface area contributed by atoms with Gasteiger partial charge in [-0.2, -0.15) is 0 Å². The molecule has 96 valence electrons. The van der Waals surface area contributed by atoms with Crippen molar-refractivity contribution in [3.05, 3.63) is 71.0 Å². The van der Waals surface area contributed by atoms with Crippen LogP contribution in [0.25, 0.3) is 0 Å². The van der Waals surface area contributed by atoms with E-state index in [-0.39, 0.29) is 23.4 Å². The van der Waals surface area contributed by atoms with E-state index in [1.807, 2.05) is 24.3 Å². The van der Waals surface area contributed by atoms with Crippen LogP contribution < -0.4 is 0 Å². The van der Waals surface area contributed by atoms with Crippen LogP contribution in [0.1, 0.15) is 34.3 Å². The number of rotatable bonds is 2. The third kappa shape index (κ3) is 2.07. The molecule has 0 aliphatic heterocycles. The fraction of sp³-hybridized carbons (Fsp3) is 0.235. The zero-order valence-electron chi connectivity index (χ0n) is 10.8. The SMILES string of the molecule is CC1c2ccccc2C(=O)C1Cc1ccc(F)cc1. The van der Waals surface area contributed by atoms with Crippen molar-refractivity contribution in [3.8, 4) is 0 Å². The molecule has 0 fully saturated rings. The first-order valence-corrected chi connectivity index (χ1v) is 6.54. The number of carbonyl (C=O) groups is 1. The van der Waals surface area contributed by atoms with Crippen molar-refractivity contribution >= 4 is 5.78 Å². The topological polar surface area (TPSA) is 17.1 Å². The molecule has 2 aromatic carbocycles. The van der Waals surface area contributed by atoms with Gasteiger partial charge >= 0.3 is 0 Å². The van der Waals surface area contributed by atoms with Crippen LogP contribution in [-0.2, 0) is 6.42 Å². The van der Waals surface area contributed by atoms with E-state index in [0.29, 0.717) is 6.42 Å². The molecule has 2 aromatic rings. The summed E-state index contributed by atoms with van der Waals surface area (Å²) in [5, 5.41) is 0. The Balaban J connectivity index is 1.88. The zero-order chi connectivity index (χ0) is 13.4. The van der Waals surface area contributed by atoms with Crippen molar-refractivity contribution in [1.82, 2.24) is 0 Å². The highest BCUT2D eigenvalue weighted by molar-refractivity contribution is 6.03. The molecule has 0 N–H and O–H groups in total. The van der Waals surface area contributed by atoms with Crippen LogP contribution in [0.2, 0.25) is 0 Å². The standard InChI is InChI=1S/C17H15FO/c1-11-14-4-2-3-5-15(14)17(19)16(11)10-12-6-8-13(18)9-7-12/h2-9,11,16H,10H2,1H3. The number of ketones is 1. The fourth-order valence-electron chi connectivity index (χ4n) is 2.91. The molecule has 1 aliphatic carbocycles. The second-order valence-corrected chi connectivity index (χ2v) is 5.18. The molecule has 0 spiro atoms. The number of fused-ring (bicyclic) bond motifs is 1. The Morgan fingerprint density at radius 2 is 1.74 bits per heavy atom. The highest BCUT2D eigenvalue weighted by atomic mass is 19.1. The van der Waals surface area contributed by atoms with Gasteiger partial charge in [-0.05, 0) is 35.6 Å². The van der Waals surface area contributed by atoms with E-state index in [4.69, 9.17) is 0 Å². The number of Topliss-reactive ketones (excluding diaryl/α,β-unsaturated/α-hetero) is 1. The summed E-state index contributed by atoms with van der Waals surface area (Å²) in [6, 6.07) is 14.2. The van der Waals surface area contributed by atoms with Gasteiger partial charge in [0.15, 0.2) is 5.78 Å². The van der Waals surface area contributed by atoms with E-state index < -0.39 is 0 Å². The summed E-state index contributed by atoms with van der Waals surface area (Å²) in [7, 11) is 0. The highest BCUT2D eigenvalue weighted by Gasteiger charge is 2.36. The molecule has 0 saturated heterocycles. The smallest absolute Gasteiger partial charge is 0.167 e. The van der Waals surface area contributed by atoms with Gasteiger partial charge < -0.3 is 0 Å². The van der Waals surface area contributed by atoms with Crippen LogP contribution in [0.5, 0.6) is 0 Å². The van der Waals surface area contributed by atoms with Gasteiger partial charge in [-0.1, -0.05) is 43.3 Å². The van der Waals surface area contributed by atoms with E-state index >= 15 is 0 Å². The molecule has 0 radical (unpaired) electrons. The highest BCUT2D eigenvalue weighted by Crippen LogP contribution is 2.39. The molecule has 0 saturated carbocycles. The van der Waals surface area contributed by atoms with Crippen molar-refractivity contribution in [2.45, 2.75) is 19.3 Å². The molecule has 1 aliphatic rings. The number of carbonyl (C=O) groups excluding carboxylic acids is 1. The second kappa shape index (κ2) is 4.61. The molecule has 0 amide bonds. The first-order valence-electron chi connectivity index (χ1n) is 6.54. The second-order valence-electron chi connectivity index (χ2n) is 5.18. The van der Waals surface area contributed by atoms with E-state index in [1.165, 1.54) is 12.1 Å². The number of benzene rings is 2. The maximum Gasteiger partial charge on any atom is 0.167 e. The number of hydrogen-bond acceptors (Lipinski definition) is 1. The van der Waals surface area contributed by atoms with Crippen LogP contribution in [0, 0.1) is 11.7 Å². The van der Waals surface area contributed by atoms with Crippen LogP contribution in [0.15, 0.2) is 48.5 Å². The number of hydrogen-bond donors (Lipinski definition) is 0. The molecule has 0 heterocycles. The third-order valence-corrected chi connectivity index (χ3v) is 4.03. The van der Waals surface area contributed by atoms with Crippen molar-refractivity contribution in [2.75, 3.05) is 0 Å². The van der Waals surface area contributed by atoms with Crippen molar-refractivity contribution < 1.29 is 9.18 Å². The van der Waals surface area contributed by atoms with E-state index in [0.717, 1.165) is 16.7 Å². The van der Waals surface area contributed by atoms with Gasteiger partial charge in [-0.15, -0.1) is 0 Å². The van der Waals surface area contributed by atoms with Gasteiger partial charge in [0.1, 0.15) is 5.82 Å². The molecule has 1 nitrogen and oxygen atoms in total. The first-order chi connectivity index (χ1) is 9.16. The minimum atomic E-state index is -0.238. The lowest BCUT2D eigenvalue weighted by Gasteiger charge is -2.14. The molecule has 3 rings (SSSR count). The van der Waals surface area contributed by atoms with Crippen molar-refractivity contribution in [1.29, 1.82) is 0 Å². The summed E-state index contributed by atoms with van der Waals surface area (Å²) in [5.74, 6) is 0.182. The average molecular weight is 254 g/mol. The molecule has 19 heavy (non-hydrogen) atoms. The molecule has 0 bridgehead atoms. The number of halogens is 1. The Labute approximate surface area is 112 Å². The predicted octanol–water partition coefficient (Wildman–Crippen LogP) is 3.98. The predicted molar refractivity (Wildman–Crippen MR) is 72.8 cm³/mol. The Bertz CT molecular complexity index is 615. The Morgan fingerprint density at radius 3 is 2.42 bits per heavy atom. The molecule has 2 unspecified atom stereocenters. The normalized spacial score (nSPS) is 21.5. The third-order valence-electron chi connectivity index (χ3n) is 4.03. The van der Waals surface area contributed by atoms with Gasteiger partial charge in [0, 0.05) is 11.5 Å². The van der Waals surface area contributed by atoms with Crippen molar-refractivity contribution in [3.63, 3.8) is 0 Å². The minimum absolute atomic E-state index is 0.0251. The maximum atomic E-state index is 12.9. The maximum absolute atomic E-state index is 12.9. The molecular weight excluding hydrogens is 239 g/mol. The molecule has 2 atom stereocenters. The van der Waals surface area contributed by atoms with Crippen LogP contribution in [0.3, 0.4) is 0 Å². The van der Waals surface area contributed by atoms with Gasteiger partial charge in [-0.25, -0.2) is 4.39 Å². The van der Waals surface area contributed by atoms with Gasteiger partial charge in [-0.3, -0.25) is 4.79 Å². The average Bonchev–Trinajstić information content (AvgIpc) is 2.67. The van der Waals surface area contributed by atoms with Gasteiger partial charge in [0.2, 0.25) is 0 Å². The summed E-state index contributed by atoms with van der Waals surface area (Å²) in [5.41, 5.74) is 3.00. The summed E-state index contributed by atoms with van der Waals surface area (Å²) in [6.07, 6.45) is 0.676. The zero-order valence-corrected chi connectivity index (χ0v) is 10.8. The monoisotopic (exact) mass is 254 g/mol. The lowest BCUT2D eigenvalue weighted by molar-refractivity contribution is 0.0925. The summed E-state index contributed by atoms with van der Waals surface area (Å²) < 4.78 is 12.9. The summed E-state index contributed by atoms with van der Waals surface area (Å²) in [6.45, 7) is 2.10. The summed E-state index contributed by atoms with van der Waals surface area (Å²) in [4.78, 5) is 12.4.